The Bertz CT molecular complexity index is 781. The summed E-state index contributed by atoms with van der Waals surface area (Å²) in [5.74, 6) is 0.857. The second-order valence-corrected chi connectivity index (χ2v) is 5.71. The van der Waals surface area contributed by atoms with E-state index in [1.54, 1.807) is 0 Å². The minimum atomic E-state index is 0.139. The van der Waals surface area contributed by atoms with Crippen LogP contribution in [-0.4, -0.2) is 6.21 Å². The maximum Gasteiger partial charge on any atom is 0.120 e. The van der Waals surface area contributed by atoms with Gasteiger partial charge in [-0.15, -0.1) is 0 Å². The number of rotatable bonds is 6. The summed E-state index contributed by atoms with van der Waals surface area (Å²) in [6, 6.07) is 28.6. The van der Waals surface area contributed by atoms with Crippen molar-refractivity contribution in [1.82, 2.24) is 0 Å². The molecule has 24 heavy (non-hydrogen) atoms. The molecule has 1 unspecified atom stereocenters. The van der Waals surface area contributed by atoms with Crippen LogP contribution >= 0.6 is 0 Å². The first-order valence-electron chi connectivity index (χ1n) is 8.16. The van der Waals surface area contributed by atoms with E-state index >= 15 is 0 Å². The maximum atomic E-state index is 5.86. The Morgan fingerprint density at radius 2 is 1.58 bits per heavy atom. The van der Waals surface area contributed by atoms with Crippen molar-refractivity contribution in [3.8, 4) is 5.75 Å². The minimum Gasteiger partial charge on any atom is -0.489 e. The van der Waals surface area contributed by atoms with E-state index in [-0.39, 0.29) is 6.04 Å². The van der Waals surface area contributed by atoms with Gasteiger partial charge in [-0.3, -0.25) is 4.99 Å². The number of nitrogens with zero attached hydrogens (tertiary/aromatic N) is 1. The molecule has 0 fully saturated rings. The SMILES string of the molecule is CC(/N=C/c1cccc(OCc2ccccc2)c1)c1ccccc1. The first-order valence-corrected chi connectivity index (χ1v) is 8.16. The fraction of sp³-hybridized carbons (Fsp3) is 0.136. The van der Waals surface area contributed by atoms with Crippen LogP contribution in [-0.2, 0) is 6.61 Å². The van der Waals surface area contributed by atoms with Gasteiger partial charge in [-0.05, 0) is 35.7 Å². The first-order chi connectivity index (χ1) is 11.8. The third kappa shape index (κ3) is 4.56. The highest BCUT2D eigenvalue weighted by molar-refractivity contribution is 5.80. The molecule has 0 aliphatic heterocycles. The number of aliphatic imine (C=N–C) groups is 1. The third-order valence-electron chi connectivity index (χ3n) is 3.84. The van der Waals surface area contributed by atoms with Gasteiger partial charge in [0, 0.05) is 6.21 Å². The molecule has 2 nitrogen and oxygen atoms in total. The van der Waals surface area contributed by atoms with Gasteiger partial charge in [-0.25, -0.2) is 0 Å². The number of hydrogen-bond acceptors (Lipinski definition) is 2. The van der Waals surface area contributed by atoms with Crippen LogP contribution in [0, 0.1) is 0 Å². The number of benzene rings is 3. The average molecular weight is 315 g/mol. The summed E-state index contributed by atoms with van der Waals surface area (Å²) >= 11 is 0. The van der Waals surface area contributed by atoms with Crippen LogP contribution in [0.15, 0.2) is 89.9 Å². The van der Waals surface area contributed by atoms with E-state index in [2.05, 4.69) is 36.2 Å². The van der Waals surface area contributed by atoms with Crippen molar-refractivity contribution in [3.63, 3.8) is 0 Å². The van der Waals surface area contributed by atoms with Crippen molar-refractivity contribution in [3.05, 3.63) is 102 Å². The molecule has 0 saturated carbocycles. The Morgan fingerprint density at radius 3 is 2.33 bits per heavy atom. The van der Waals surface area contributed by atoms with Gasteiger partial charge in [0.1, 0.15) is 12.4 Å². The Hall–Kier alpha value is -2.87. The van der Waals surface area contributed by atoms with Crippen molar-refractivity contribution in [1.29, 1.82) is 0 Å². The van der Waals surface area contributed by atoms with Crippen molar-refractivity contribution >= 4 is 6.21 Å². The monoisotopic (exact) mass is 315 g/mol. The van der Waals surface area contributed by atoms with Gasteiger partial charge in [0.05, 0.1) is 6.04 Å². The van der Waals surface area contributed by atoms with Gasteiger partial charge >= 0.3 is 0 Å². The minimum absolute atomic E-state index is 0.139. The van der Waals surface area contributed by atoms with Crippen LogP contribution in [0.2, 0.25) is 0 Å². The summed E-state index contributed by atoms with van der Waals surface area (Å²) in [6.45, 7) is 2.67. The molecule has 0 aliphatic rings. The first kappa shape index (κ1) is 16.0. The highest BCUT2D eigenvalue weighted by atomic mass is 16.5. The molecule has 1 atom stereocenters. The van der Waals surface area contributed by atoms with Crippen LogP contribution in [0.5, 0.6) is 5.75 Å². The van der Waals surface area contributed by atoms with E-state index < -0.39 is 0 Å². The molecule has 0 aliphatic carbocycles. The van der Waals surface area contributed by atoms with Gasteiger partial charge in [0.15, 0.2) is 0 Å². The van der Waals surface area contributed by atoms with E-state index in [4.69, 9.17) is 4.74 Å². The maximum absolute atomic E-state index is 5.86. The molecular formula is C22H21NO. The summed E-state index contributed by atoms with van der Waals surface area (Å²) in [5.41, 5.74) is 3.42. The molecule has 0 heterocycles. The molecule has 0 spiro atoms. The third-order valence-corrected chi connectivity index (χ3v) is 3.84. The Kier molecular flexibility index (Phi) is 5.41. The van der Waals surface area contributed by atoms with Crippen LogP contribution in [0.4, 0.5) is 0 Å². The molecule has 0 bridgehead atoms. The lowest BCUT2D eigenvalue weighted by Gasteiger charge is -2.08. The highest BCUT2D eigenvalue weighted by Crippen LogP contribution is 2.17. The van der Waals surface area contributed by atoms with Gasteiger partial charge in [0.2, 0.25) is 0 Å². The summed E-state index contributed by atoms with van der Waals surface area (Å²) < 4.78 is 5.86. The molecule has 0 radical (unpaired) electrons. The van der Waals surface area contributed by atoms with Crippen molar-refractivity contribution < 1.29 is 4.74 Å². The van der Waals surface area contributed by atoms with Crippen LogP contribution in [0.3, 0.4) is 0 Å². The molecular weight excluding hydrogens is 294 g/mol. The second kappa shape index (κ2) is 8.11. The average Bonchev–Trinajstić information content (AvgIpc) is 2.66. The second-order valence-electron chi connectivity index (χ2n) is 5.71. The number of ether oxygens (including phenoxy) is 1. The standard InChI is InChI=1S/C22H21NO/c1-18(21-12-6-3-7-13-21)23-16-20-11-8-14-22(15-20)24-17-19-9-4-2-5-10-19/h2-16,18H,17H2,1H3/b23-16+. The van der Waals surface area contributed by atoms with Crippen molar-refractivity contribution in [2.45, 2.75) is 19.6 Å². The lowest BCUT2D eigenvalue weighted by molar-refractivity contribution is 0.306. The smallest absolute Gasteiger partial charge is 0.120 e. The summed E-state index contributed by atoms with van der Waals surface area (Å²) in [6.07, 6.45) is 1.91. The zero-order chi connectivity index (χ0) is 16.6. The van der Waals surface area contributed by atoms with Crippen molar-refractivity contribution in [2.75, 3.05) is 0 Å². The zero-order valence-electron chi connectivity index (χ0n) is 13.8. The largest absolute Gasteiger partial charge is 0.489 e. The van der Waals surface area contributed by atoms with Gasteiger partial charge in [-0.2, -0.15) is 0 Å². The van der Waals surface area contributed by atoms with E-state index in [9.17, 15) is 0 Å². The molecule has 2 heteroatoms. The van der Waals surface area contributed by atoms with Gasteiger partial charge in [0.25, 0.3) is 0 Å². The zero-order valence-corrected chi connectivity index (χ0v) is 13.8. The molecule has 3 rings (SSSR count). The van der Waals surface area contributed by atoms with E-state index in [1.807, 2.05) is 66.9 Å². The fourth-order valence-electron chi connectivity index (χ4n) is 2.44. The molecule has 3 aromatic carbocycles. The Balaban J connectivity index is 1.63. The van der Waals surface area contributed by atoms with Gasteiger partial charge in [-0.1, -0.05) is 72.8 Å². The van der Waals surface area contributed by atoms with Crippen LogP contribution in [0.1, 0.15) is 29.7 Å². The lowest BCUT2D eigenvalue weighted by atomic mass is 10.1. The topological polar surface area (TPSA) is 21.6 Å². The molecule has 3 aromatic rings. The fourth-order valence-corrected chi connectivity index (χ4v) is 2.44. The van der Waals surface area contributed by atoms with E-state index in [0.717, 1.165) is 16.9 Å². The quantitative estimate of drug-likeness (QED) is 0.555. The molecule has 0 aromatic heterocycles. The summed E-state index contributed by atoms with van der Waals surface area (Å²) in [4.78, 5) is 4.64. The molecule has 0 saturated heterocycles. The van der Waals surface area contributed by atoms with Crippen LogP contribution < -0.4 is 4.74 Å². The summed E-state index contributed by atoms with van der Waals surface area (Å²) in [5, 5.41) is 0. The normalized spacial score (nSPS) is 12.2. The van der Waals surface area contributed by atoms with Gasteiger partial charge < -0.3 is 4.74 Å². The van der Waals surface area contributed by atoms with Crippen LogP contribution in [0.25, 0.3) is 0 Å². The number of hydrogen-bond donors (Lipinski definition) is 0. The Labute approximate surface area is 143 Å². The predicted octanol–water partition coefficient (Wildman–Crippen LogP) is 5.45. The van der Waals surface area contributed by atoms with Crippen molar-refractivity contribution in [2.24, 2.45) is 4.99 Å². The molecule has 0 amide bonds. The predicted molar refractivity (Wildman–Crippen MR) is 99.7 cm³/mol. The lowest BCUT2D eigenvalue weighted by Crippen LogP contribution is -1.96. The molecule has 120 valence electrons. The Morgan fingerprint density at radius 1 is 0.875 bits per heavy atom. The summed E-state index contributed by atoms with van der Waals surface area (Å²) in [7, 11) is 0. The van der Waals surface area contributed by atoms with E-state index in [0.29, 0.717) is 6.61 Å². The highest BCUT2D eigenvalue weighted by Gasteiger charge is 2.01. The molecule has 0 N–H and O–H groups in total. The van der Waals surface area contributed by atoms with E-state index in [1.165, 1.54) is 5.56 Å².